The van der Waals surface area contributed by atoms with Crippen LogP contribution in [-0.2, 0) is 13.0 Å². The van der Waals surface area contributed by atoms with E-state index in [2.05, 4.69) is 20.7 Å². The van der Waals surface area contributed by atoms with Crippen LogP contribution in [0.2, 0.25) is 5.02 Å². The maximum Gasteiger partial charge on any atom is 0.132 e. The second-order valence-electron chi connectivity index (χ2n) is 8.08. The van der Waals surface area contributed by atoms with E-state index in [0.717, 1.165) is 52.3 Å². The molecule has 5 heterocycles. The van der Waals surface area contributed by atoms with Crippen LogP contribution in [0.25, 0.3) is 27.9 Å². The van der Waals surface area contributed by atoms with E-state index >= 15 is 0 Å². The minimum Gasteiger partial charge on any atom is -0.334 e. The zero-order valence-electron chi connectivity index (χ0n) is 17.2. The summed E-state index contributed by atoms with van der Waals surface area (Å²) >= 11 is 6.11. The number of hydrogen-bond donors (Lipinski definition) is 0. The summed E-state index contributed by atoms with van der Waals surface area (Å²) in [4.78, 5) is 18.8. The van der Waals surface area contributed by atoms with Crippen LogP contribution in [0.15, 0.2) is 59.9 Å². The van der Waals surface area contributed by atoms with Gasteiger partial charge < -0.3 is 4.57 Å². The highest BCUT2D eigenvalue weighted by molar-refractivity contribution is 6.35. The monoisotopic (exact) mass is 443 g/mol. The van der Waals surface area contributed by atoms with Crippen LogP contribution < -0.4 is 0 Å². The Balaban J connectivity index is 1.39. The van der Waals surface area contributed by atoms with Crippen LogP contribution >= 0.6 is 11.6 Å². The van der Waals surface area contributed by atoms with Gasteiger partial charge in [0, 0.05) is 47.1 Å². The van der Waals surface area contributed by atoms with Gasteiger partial charge in [0.1, 0.15) is 11.6 Å². The maximum atomic E-state index is 14.5. The van der Waals surface area contributed by atoms with Crippen molar-refractivity contribution in [1.29, 1.82) is 0 Å². The molecule has 0 saturated carbocycles. The van der Waals surface area contributed by atoms with Crippen molar-refractivity contribution < 1.29 is 4.39 Å². The average molecular weight is 444 g/mol. The Labute approximate surface area is 189 Å². The van der Waals surface area contributed by atoms with Crippen LogP contribution in [0, 0.1) is 5.82 Å². The first kappa shape index (κ1) is 19.3. The summed E-state index contributed by atoms with van der Waals surface area (Å²) in [6.45, 7) is 1.50. The summed E-state index contributed by atoms with van der Waals surface area (Å²) < 4.78 is 16.7. The molecule has 0 atom stereocenters. The number of benzene rings is 1. The Morgan fingerprint density at radius 3 is 2.81 bits per heavy atom. The Morgan fingerprint density at radius 2 is 1.91 bits per heavy atom. The van der Waals surface area contributed by atoms with E-state index in [4.69, 9.17) is 21.6 Å². The zero-order valence-corrected chi connectivity index (χ0v) is 18.0. The summed E-state index contributed by atoms with van der Waals surface area (Å²) in [5.41, 5.74) is 5.93. The van der Waals surface area contributed by atoms with Crippen LogP contribution in [0.4, 0.5) is 4.39 Å². The molecule has 0 spiro atoms. The molecule has 0 amide bonds. The van der Waals surface area contributed by atoms with Gasteiger partial charge in [0.2, 0.25) is 0 Å². The molecular weight excluding hydrogens is 425 g/mol. The van der Waals surface area contributed by atoms with Gasteiger partial charge in [-0.15, -0.1) is 0 Å². The minimum atomic E-state index is -0.352. The normalized spacial score (nSPS) is 15.6. The third-order valence-electron chi connectivity index (χ3n) is 6.00. The molecule has 0 N–H and O–H groups in total. The van der Waals surface area contributed by atoms with E-state index in [1.54, 1.807) is 6.07 Å². The van der Waals surface area contributed by atoms with Crippen LogP contribution in [0.1, 0.15) is 29.9 Å². The molecule has 6 rings (SSSR count). The first-order chi connectivity index (χ1) is 15.7. The maximum absolute atomic E-state index is 14.5. The van der Waals surface area contributed by atoms with Gasteiger partial charge in [-0.05, 0) is 49.2 Å². The van der Waals surface area contributed by atoms with Gasteiger partial charge in [-0.2, -0.15) is 0 Å². The molecule has 32 heavy (non-hydrogen) atoms. The number of rotatable bonds is 3. The molecule has 158 valence electrons. The van der Waals surface area contributed by atoms with Crippen molar-refractivity contribution in [2.24, 2.45) is 4.99 Å². The number of aryl methyl sites for hydroxylation is 2. The SMILES string of the molecule is Fc1ccc(Cl)cc1C1=NCC=C1c1ccc2ncc(-c3cn4c(n3)CCCC4)cc2n1. The van der Waals surface area contributed by atoms with Crippen molar-refractivity contribution >= 4 is 33.9 Å². The number of aliphatic imine (C=N–C) groups is 1. The highest BCUT2D eigenvalue weighted by Gasteiger charge is 2.21. The lowest BCUT2D eigenvalue weighted by atomic mass is 9.99. The Morgan fingerprint density at radius 1 is 0.969 bits per heavy atom. The van der Waals surface area contributed by atoms with Crippen LogP contribution in [0.5, 0.6) is 0 Å². The number of nitrogens with zero attached hydrogens (tertiary/aromatic N) is 5. The molecule has 0 bridgehead atoms. The molecule has 2 aliphatic heterocycles. The fourth-order valence-electron chi connectivity index (χ4n) is 4.39. The summed E-state index contributed by atoms with van der Waals surface area (Å²) in [5, 5.41) is 0.471. The molecule has 0 unspecified atom stereocenters. The van der Waals surface area contributed by atoms with Crippen molar-refractivity contribution in [1.82, 2.24) is 19.5 Å². The van der Waals surface area contributed by atoms with Crippen molar-refractivity contribution in [3.8, 4) is 11.3 Å². The van der Waals surface area contributed by atoms with Gasteiger partial charge in [0.15, 0.2) is 0 Å². The third kappa shape index (κ3) is 3.31. The first-order valence-electron chi connectivity index (χ1n) is 10.7. The minimum absolute atomic E-state index is 0.352. The van der Waals surface area contributed by atoms with Crippen LogP contribution in [0.3, 0.4) is 0 Å². The highest BCUT2D eigenvalue weighted by Crippen LogP contribution is 2.29. The number of pyridine rings is 2. The molecular formula is C25H19ClFN5. The predicted molar refractivity (Wildman–Crippen MR) is 124 cm³/mol. The molecule has 7 heteroatoms. The zero-order chi connectivity index (χ0) is 21.7. The van der Waals surface area contributed by atoms with E-state index in [1.807, 2.05) is 30.5 Å². The number of fused-ring (bicyclic) bond motifs is 2. The second-order valence-corrected chi connectivity index (χ2v) is 8.52. The van der Waals surface area contributed by atoms with Crippen molar-refractivity contribution in [3.05, 3.63) is 82.8 Å². The van der Waals surface area contributed by atoms with Crippen LogP contribution in [-0.4, -0.2) is 31.8 Å². The molecule has 0 saturated heterocycles. The second kappa shape index (κ2) is 7.64. The van der Waals surface area contributed by atoms with Gasteiger partial charge in [-0.25, -0.2) is 14.4 Å². The van der Waals surface area contributed by atoms with E-state index in [1.165, 1.54) is 25.0 Å². The lowest BCUT2D eigenvalue weighted by Crippen LogP contribution is -2.08. The summed E-state index contributed by atoms with van der Waals surface area (Å²) in [6, 6.07) is 10.4. The van der Waals surface area contributed by atoms with Crippen molar-refractivity contribution in [2.45, 2.75) is 25.8 Å². The number of hydrogen-bond acceptors (Lipinski definition) is 4. The van der Waals surface area contributed by atoms with Gasteiger partial charge >= 0.3 is 0 Å². The molecule has 3 aromatic heterocycles. The Hall–Kier alpha value is -3.38. The van der Waals surface area contributed by atoms with Gasteiger partial charge in [0.25, 0.3) is 0 Å². The summed E-state index contributed by atoms with van der Waals surface area (Å²) in [7, 11) is 0. The molecule has 0 aliphatic carbocycles. The number of halogens is 2. The lowest BCUT2D eigenvalue weighted by Gasteiger charge is -2.11. The Bertz CT molecular complexity index is 1410. The van der Waals surface area contributed by atoms with E-state index < -0.39 is 0 Å². The number of allylic oxidation sites excluding steroid dienone is 1. The first-order valence-corrected chi connectivity index (χ1v) is 11.1. The van der Waals surface area contributed by atoms with Gasteiger partial charge in [0.05, 0.1) is 34.7 Å². The van der Waals surface area contributed by atoms with Gasteiger partial charge in [-0.3, -0.25) is 9.98 Å². The fraction of sp³-hybridized carbons (Fsp3) is 0.200. The third-order valence-corrected chi connectivity index (χ3v) is 6.24. The number of aromatic nitrogens is 4. The van der Waals surface area contributed by atoms with E-state index in [-0.39, 0.29) is 5.82 Å². The lowest BCUT2D eigenvalue weighted by molar-refractivity contribution is 0.522. The summed E-state index contributed by atoms with van der Waals surface area (Å²) in [5.74, 6) is 0.781. The fourth-order valence-corrected chi connectivity index (χ4v) is 4.57. The molecule has 1 aromatic carbocycles. The van der Waals surface area contributed by atoms with Crippen molar-refractivity contribution in [3.63, 3.8) is 0 Å². The molecule has 0 fully saturated rings. The standard InChI is InChI=1S/C25H19ClFN5/c26-16-4-5-19(27)18(12-16)25-17(8-9-28-25)20-6-7-21-22(30-20)11-15(13-29-21)23-14-32-10-2-1-3-24(32)31-23/h4-8,11-14H,1-3,9-10H2. The van der Waals surface area contributed by atoms with E-state index in [9.17, 15) is 4.39 Å². The molecule has 5 nitrogen and oxygen atoms in total. The molecule has 4 aromatic rings. The topological polar surface area (TPSA) is 56.0 Å². The quantitative estimate of drug-likeness (QED) is 0.419. The smallest absolute Gasteiger partial charge is 0.132 e. The van der Waals surface area contributed by atoms with Gasteiger partial charge in [-0.1, -0.05) is 17.7 Å². The predicted octanol–water partition coefficient (Wildman–Crippen LogP) is 5.51. The highest BCUT2D eigenvalue weighted by atomic mass is 35.5. The summed E-state index contributed by atoms with van der Waals surface area (Å²) in [6.07, 6.45) is 9.30. The largest absolute Gasteiger partial charge is 0.334 e. The molecule has 0 radical (unpaired) electrons. The van der Waals surface area contributed by atoms with Crippen molar-refractivity contribution in [2.75, 3.05) is 6.54 Å². The number of imidazole rings is 1. The van der Waals surface area contributed by atoms with E-state index in [0.29, 0.717) is 22.8 Å². The average Bonchev–Trinajstić information content (AvgIpc) is 3.47. The molecule has 2 aliphatic rings. The Kier molecular flexibility index (Phi) is 4.61.